The third-order valence-electron chi connectivity index (χ3n) is 5.23. The van der Waals surface area contributed by atoms with Crippen molar-refractivity contribution in [2.75, 3.05) is 12.4 Å². The summed E-state index contributed by atoms with van der Waals surface area (Å²) in [6.07, 6.45) is 1.77. The number of carbonyl (C=O) groups is 1. The molecule has 0 aliphatic heterocycles. The van der Waals surface area contributed by atoms with Gasteiger partial charge < -0.3 is 14.6 Å². The summed E-state index contributed by atoms with van der Waals surface area (Å²) in [7, 11) is 1.60. The Morgan fingerprint density at radius 3 is 2.65 bits per heavy atom. The quantitative estimate of drug-likeness (QED) is 0.351. The van der Waals surface area contributed by atoms with E-state index in [4.69, 9.17) is 28.6 Å². The summed E-state index contributed by atoms with van der Waals surface area (Å²) in [6.45, 7) is 0.638. The number of amides is 1. The molecular formula is C24H22ClN5O3S. The van der Waals surface area contributed by atoms with Crippen LogP contribution in [-0.4, -0.2) is 32.3 Å². The van der Waals surface area contributed by atoms with E-state index in [1.54, 1.807) is 30.0 Å². The van der Waals surface area contributed by atoms with Crippen LogP contribution >= 0.6 is 23.8 Å². The number of benzene rings is 2. The van der Waals surface area contributed by atoms with E-state index in [9.17, 15) is 9.59 Å². The lowest BCUT2D eigenvalue weighted by molar-refractivity contribution is -0.116. The van der Waals surface area contributed by atoms with Gasteiger partial charge in [-0.15, -0.1) is 0 Å². The first-order valence-corrected chi connectivity index (χ1v) is 11.3. The number of ether oxygens (including phenoxy) is 1. The van der Waals surface area contributed by atoms with Crippen molar-refractivity contribution >= 4 is 35.4 Å². The molecule has 0 unspecified atom stereocenters. The number of aromatic nitrogens is 4. The Morgan fingerprint density at radius 1 is 1.15 bits per heavy atom. The standard InChI is InChI=1S/C24H22ClN5O3S/c1-33-19-9-6-16(7-10-19)23-27-28-24(34)30(23)13-12-21(31)26-18-8-11-22(32)29(15-18)14-17-4-2-3-5-20(17)25/h2-11,15H,12-14H2,1H3,(H,26,31)(H,28,34). The number of hydrogen-bond donors (Lipinski definition) is 2. The van der Waals surface area contributed by atoms with E-state index in [1.807, 2.05) is 42.5 Å². The number of nitrogens with zero attached hydrogens (tertiary/aromatic N) is 3. The third kappa shape index (κ3) is 5.44. The molecule has 2 aromatic heterocycles. The van der Waals surface area contributed by atoms with Gasteiger partial charge in [0.2, 0.25) is 5.91 Å². The van der Waals surface area contributed by atoms with Crippen molar-refractivity contribution in [2.45, 2.75) is 19.5 Å². The van der Waals surface area contributed by atoms with Gasteiger partial charge in [0.05, 0.1) is 19.3 Å². The van der Waals surface area contributed by atoms with Crippen molar-refractivity contribution in [2.24, 2.45) is 0 Å². The lowest BCUT2D eigenvalue weighted by Gasteiger charge is -2.11. The molecule has 8 nitrogen and oxygen atoms in total. The fourth-order valence-corrected chi connectivity index (χ4v) is 3.88. The van der Waals surface area contributed by atoms with Gasteiger partial charge in [-0.3, -0.25) is 19.3 Å². The van der Waals surface area contributed by atoms with E-state index < -0.39 is 0 Å². The lowest BCUT2D eigenvalue weighted by atomic mass is 10.2. The zero-order chi connectivity index (χ0) is 24.1. The molecule has 10 heteroatoms. The summed E-state index contributed by atoms with van der Waals surface area (Å²) in [5, 5.41) is 10.5. The minimum atomic E-state index is -0.216. The van der Waals surface area contributed by atoms with Crippen LogP contribution in [0.3, 0.4) is 0 Å². The number of hydrogen-bond acceptors (Lipinski definition) is 5. The molecule has 0 atom stereocenters. The summed E-state index contributed by atoms with van der Waals surface area (Å²) in [4.78, 5) is 24.9. The third-order valence-corrected chi connectivity index (χ3v) is 5.92. The van der Waals surface area contributed by atoms with Crippen LogP contribution in [0.1, 0.15) is 12.0 Å². The van der Waals surface area contributed by atoms with Gasteiger partial charge in [-0.2, -0.15) is 5.10 Å². The van der Waals surface area contributed by atoms with Crippen molar-refractivity contribution in [3.05, 3.63) is 92.6 Å². The summed E-state index contributed by atoms with van der Waals surface area (Å²) < 4.78 is 8.90. The van der Waals surface area contributed by atoms with Gasteiger partial charge in [-0.25, -0.2) is 0 Å². The average molecular weight is 496 g/mol. The Bertz CT molecular complexity index is 1430. The molecule has 0 saturated heterocycles. The van der Waals surface area contributed by atoms with Crippen LogP contribution in [0.5, 0.6) is 5.75 Å². The van der Waals surface area contributed by atoms with E-state index >= 15 is 0 Å². The van der Waals surface area contributed by atoms with Gasteiger partial charge >= 0.3 is 0 Å². The molecule has 0 bridgehead atoms. The Morgan fingerprint density at radius 2 is 1.91 bits per heavy atom. The highest BCUT2D eigenvalue weighted by Gasteiger charge is 2.12. The minimum absolute atomic E-state index is 0.167. The maximum atomic E-state index is 12.6. The lowest BCUT2D eigenvalue weighted by Crippen LogP contribution is -2.21. The highest BCUT2D eigenvalue weighted by molar-refractivity contribution is 7.71. The Kier molecular flexibility index (Phi) is 7.24. The predicted molar refractivity (Wildman–Crippen MR) is 134 cm³/mol. The SMILES string of the molecule is COc1ccc(-c2n[nH]c(=S)n2CCC(=O)Nc2ccc(=O)n(Cc3ccccc3Cl)c2)cc1. The maximum Gasteiger partial charge on any atom is 0.250 e. The molecule has 2 aromatic carbocycles. The van der Waals surface area contributed by atoms with Gasteiger partial charge in [0.25, 0.3) is 5.56 Å². The minimum Gasteiger partial charge on any atom is -0.497 e. The maximum absolute atomic E-state index is 12.6. The van der Waals surface area contributed by atoms with E-state index in [0.29, 0.717) is 34.4 Å². The number of rotatable bonds is 8. The summed E-state index contributed by atoms with van der Waals surface area (Å²) >= 11 is 11.6. The first-order valence-electron chi connectivity index (χ1n) is 10.5. The highest BCUT2D eigenvalue weighted by atomic mass is 35.5. The van der Waals surface area contributed by atoms with Crippen LogP contribution in [0.4, 0.5) is 5.69 Å². The molecule has 0 fully saturated rings. The van der Waals surface area contributed by atoms with Crippen molar-refractivity contribution < 1.29 is 9.53 Å². The van der Waals surface area contributed by atoms with E-state index in [2.05, 4.69) is 15.5 Å². The summed E-state index contributed by atoms with van der Waals surface area (Å²) in [5.41, 5.74) is 1.99. The largest absolute Gasteiger partial charge is 0.497 e. The van der Waals surface area contributed by atoms with Crippen molar-refractivity contribution in [1.29, 1.82) is 0 Å². The molecule has 0 aliphatic carbocycles. The second-order valence-electron chi connectivity index (χ2n) is 7.51. The summed E-state index contributed by atoms with van der Waals surface area (Å²) in [5.74, 6) is 1.15. The monoisotopic (exact) mass is 495 g/mol. The van der Waals surface area contributed by atoms with Crippen LogP contribution < -0.4 is 15.6 Å². The van der Waals surface area contributed by atoms with Gasteiger partial charge in [0, 0.05) is 35.8 Å². The molecule has 4 rings (SSSR count). The molecule has 2 heterocycles. The topological polar surface area (TPSA) is 93.9 Å². The van der Waals surface area contributed by atoms with Crippen LogP contribution in [0, 0.1) is 4.77 Å². The van der Waals surface area contributed by atoms with Gasteiger partial charge in [0.1, 0.15) is 5.75 Å². The van der Waals surface area contributed by atoms with Gasteiger partial charge in [-0.1, -0.05) is 29.8 Å². The zero-order valence-corrected chi connectivity index (χ0v) is 19.9. The predicted octanol–water partition coefficient (Wildman–Crippen LogP) is 4.51. The molecule has 1 amide bonds. The Labute approximate surface area is 205 Å². The van der Waals surface area contributed by atoms with Gasteiger partial charge in [0.15, 0.2) is 10.6 Å². The first-order chi connectivity index (χ1) is 16.4. The molecular weight excluding hydrogens is 474 g/mol. The molecule has 2 N–H and O–H groups in total. The molecule has 0 aliphatic rings. The molecule has 34 heavy (non-hydrogen) atoms. The van der Waals surface area contributed by atoms with E-state index in [0.717, 1.165) is 16.9 Å². The smallest absolute Gasteiger partial charge is 0.250 e. The zero-order valence-electron chi connectivity index (χ0n) is 18.3. The van der Waals surface area contributed by atoms with Crippen LogP contribution in [-0.2, 0) is 17.9 Å². The number of aromatic amines is 1. The number of halogens is 1. The van der Waals surface area contributed by atoms with Crippen LogP contribution in [0.15, 0.2) is 71.7 Å². The number of methoxy groups -OCH3 is 1. The number of nitrogens with one attached hydrogen (secondary N) is 2. The average Bonchev–Trinajstić information content (AvgIpc) is 3.21. The van der Waals surface area contributed by atoms with Gasteiger partial charge in [-0.05, 0) is 54.2 Å². The Balaban J connectivity index is 1.44. The van der Waals surface area contributed by atoms with Crippen LogP contribution in [0.25, 0.3) is 11.4 Å². The molecule has 0 radical (unpaired) electrons. The molecule has 0 spiro atoms. The second-order valence-corrected chi connectivity index (χ2v) is 8.30. The number of H-pyrrole nitrogens is 1. The molecule has 0 saturated carbocycles. The highest BCUT2D eigenvalue weighted by Crippen LogP contribution is 2.21. The van der Waals surface area contributed by atoms with E-state index in [1.165, 1.54) is 10.6 Å². The number of carbonyl (C=O) groups excluding carboxylic acids is 1. The van der Waals surface area contributed by atoms with Crippen molar-refractivity contribution in [3.63, 3.8) is 0 Å². The number of pyridine rings is 1. The van der Waals surface area contributed by atoms with Crippen molar-refractivity contribution in [1.82, 2.24) is 19.3 Å². The fourth-order valence-electron chi connectivity index (χ4n) is 3.46. The summed E-state index contributed by atoms with van der Waals surface area (Å²) in [6, 6.07) is 17.7. The Hall–Kier alpha value is -3.69. The normalized spacial score (nSPS) is 10.8. The molecule has 174 valence electrons. The molecule has 4 aromatic rings. The fraction of sp³-hybridized carbons (Fsp3) is 0.167. The van der Waals surface area contributed by atoms with Crippen molar-refractivity contribution in [3.8, 4) is 17.1 Å². The second kappa shape index (κ2) is 10.5. The number of anilines is 1. The van der Waals surface area contributed by atoms with Crippen LogP contribution in [0.2, 0.25) is 5.02 Å². The van der Waals surface area contributed by atoms with E-state index in [-0.39, 0.29) is 17.9 Å². The first kappa shape index (κ1) is 23.5.